The Hall–Kier alpha value is -1.00. The minimum atomic E-state index is -3.56. The Balaban J connectivity index is 2.11. The summed E-state index contributed by atoms with van der Waals surface area (Å²) in [5.74, 6) is 7.80. The molecule has 2 rings (SSSR count). The summed E-state index contributed by atoms with van der Waals surface area (Å²) in [5.41, 5.74) is 0.415. The van der Waals surface area contributed by atoms with Gasteiger partial charge in [0.15, 0.2) is 0 Å². The van der Waals surface area contributed by atoms with E-state index in [9.17, 15) is 8.42 Å². The summed E-state index contributed by atoms with van der Waals surface area (Å²) in [5, 5.41) is 8.75. The SMILES string of the molecule is O=S(=O)(NCC1CCSCC1)c1ccccc1C#CCO. The maximum absolute atomic E-state index is 12.4. The molecule has 0 amide bonds. The molecule has 114 valence electrons. The first-order valence-electron chi connectivity index (χ1n) is 6.89. The average Bonchev–Trinajstić information content (AvgIpc) is 2.52. The van der Waals surface area contributed by atoms with Crippen LogP contribution in [0, 0.1) is 17.8 Å². The first kappa shape index (κ1) is 16.4. The zero-order valence-corrected chi connectivity index (χ0v) is 13.3. The Labute approximate surface area is 130 Å². The molecule has 0 aromatic heterocycles. The van der Waals surface area contributed by atoms with E-state index in [0.717, 1.165) is 24.3 Å². The number of benzene rings is 1. The fraction of sp³-hybridized carbons (Fsp3) is 0.467. The van der Waals surface area contributed by atoms with Crippen LogP contribution in [0.2, 0.25) is 0 Å². The summed E-state index contributed by atoms with van der Waals surface area (Å²) in [6.45, 7) is 0.187. The molecule has 0 aliphatic carbocycles. The molecule has 1 fully saturated rings. The van der Waals surface area contributed by atoms with Crippen molar-refractivity contribution >= 4 is 21.8 Å². The molecule has 0 unspecified atom stereocenters. The first-order chi connectivity index (χ1) is 10.1. The number of rotatable bonds is 4. The zero-order valence-electron chi connectivity index (χ0n) is 11.7. The zero-order chi connectivity index (χ0) is 15.1. The van der Waals surface area contributed by atoms with Gasteiger partial charge >= 0.3 is 0 Å². The molecule has 0 radical (unpaired) electrons. The average molecular weight is 325 g/mol. The van der Waals surface area contributed by atoms with Crippen LogP contribution in [-0.2, 0) is 10.0 Å². The summed E-state index contributed by atoms with van der Waals surface area (Å²) in [7, 11) is -3.56. The van der Waals surface area contributed by atoms with E-state index in [2.05, 4.69) is 16.6 Å². The monoisotopic (exact) mass is 325 g/mol. The molecule has 0 bridgehead atoms. The summed E-state index contributed by atoms with van der Waals surface area (Å²) >= 11 is 1.92. The van der Waals surface area contributed by atoms with E-state index in [1.54, 1.807) is 24.3 Å². The summed E-state index contributed by atoms with van der Waals surface area (Å²) in [4.78, 5) is 0.177. The maximum Gasteiger partial charge on any atom is 0.241 e. The summed E-state index contributed by atoms with van der Waals surface area (Å²) in [6, 6.07) is 6.60. The van der Waals surface area contributed by atoms with Crippen LogP contribution >= 0.6 is 11.8 Å². The van der Waals surface area contributed by atoms with Crippen LogP contribution in [0.15, 0.2) is 29.2 Å². The fourth-order valence-corrected chi connectivity index (χ4v) is 4.68. The van der Waals surface area contributed by atoms with E-state index >= 15 is 0 Å². The Bertz CT molecular complexity index is 626. The highest BCUT2D eigenvalue weighted by atomic mass is 32.2. The lowest BCUT2D eigenvalue weighted by Gasteiger charge is -2.21. The Morgan fingerprint density at radius 2 is 2.00 bits per heavy atom. The van der Waals surface area contributed by atoms with E-state index in [4.69, 9.17) is 5.11 Å². The molecule has 4 nitrogen and oxygen atoms in total. The number of thioether (sulfide) groups is 1. The van der Waals surface area contributed by atoms with Gasteiger partial charge in [0, 0.05) is 12.1 Å². The first-order valence-corrected chi connectivity index (χ1v) is 9.53. The minimum absolute atomic E-state index is 0.177. The van der Waals surface area contributed by atoms with E-state index in [-0.39, 0.29) is 11.5 Å². The van der Waals surface area contributed by atoms with E-state index < -0.39 is 10.0 Å². The van der Waals surface area contributed by atoms with Gasteiger partial charge in [0.25, 0.3) is 0 Å². The highest BCUT2D eigenvalue weighted by molar-refractivity contribution is 7.99. The Morgan fingerprint density at radius 3 is 2.71 bits per heavy atom. The largest absolute Gasteiger partial charge is 0.384 e. The standard InChI is InChI=1S/C15H19NO3S2/c17-9-3-5-14-4-1-2-6-15(14)21(18,19)16-12-13-7-10-20-11-8-13/h1-2,4,6,13,16-17H,7-12H2. The van der Waals surface area contributed by atoms with Crippen LogP contribution in [0.4, 0.5) is 0 Å². The van der Waals surface area contributed by atoms with E-state index in [0.29, 0.717) is 18.0 Å². The molecule has 1 aromatic rings. The van der Waals surface area contributed by atoms with Gasteiger partial charge in [-0.1, -0.05) is 24.0 Å². The topological polar surface area (TPSA) is 66.4 Å². The molecule has 1 aliphatic heterocycles. The van der Waals surface area contributed by atoms with Crippen molar-refractivity contribution in [2.24, 2.45) is 5.92 Å². The highest BCUT2D eigenvalue weighted by Crippen LogP contribution is 2.22. The third-order valence-electron chi connectivity index (χ3n) is 3.38. The van der Waals surface area contributed by atoms with Crippen LogP contribution in [0.1, 0.15) is 18.4 Å². The minimum Gasteiger partial charge on any atom is -0.384 e. The second kappa shape index (κ2) is 7.85. The van der Waals surface area contributed by atoms with Gasteiger partial charge in [0.1, 0.15) is 6.61 Å². The van der Waals surface area contributed by atoms with Crippen molar-refractivity contribution in [2.75, 3.05) is 24.7 Å². The van der Waals surface area contributed by atoms with Gasteiger partial charge in [-0.3, -0.25) is 0 Å². The predicted octanol–water partition coefficient (Wildman–Crippen LogP) is 1.45. The summed E-state index contributed by atoms with van der Waals surface area (Å²) in [6.07, 6.45) is 2.11. The van der Waals surface area contributed by atoms with Gasteiger partial charge in [0.05, 0.1) is 4.90 Å². The Kier molecular flexibility index (Phi) is 6.12. The van der Waals surface area contributed by atoms with Gasteiger partial charge in [0.2, 0.25) is 10.0 Å². The fourth-order valence-electron chi connectivity index (χ4n) is 2.19. The van der Waals surface area contributed by atoms with Crippen LogP contribution in [0.3, 0.4) is 0 Å². The van der Waals surface area contributed by atoms with Crippen molar-refractivity contribution in [1.82, 2.24) is 4.72 Å². The molecule has 2 N–H and O–H groups in total. The number of sulfonamides is 1. The van der Waals surface area contributed by atoms with Gasteiger partial charge < -0.3 is 5.11 Å². The van der Waals surface area contributed by atoms with Crippen molar-refractivity contribution in [1.29, 1.82) is 0 Å². The normalized spacial score (nSPS) is 16.2. The number of aliphatic hydroxyl groups is 1. The predicted molar refractivity (Wildman–Crippen MR) is 85.6 cm³/mol. The molecule has 0 spiro atoms. The molecule has 1 aliphatic rings. The van der Waals surface area contributed by atoms with Crippen LogP contribution < -0.4 is 4.72 Å². The van der Waals surface area contributed by atoms with Crippen LogP contribution in [0.25, 0.3) is 0 Å². The molecule has 1 heterocycles. The number of aliphatic hydroxyl groups excluding tert-OH is 1. The lowest BCUT2D eigenvalue weighted by Crippen LogP contribution is -2.31. The number of nitrogens with one attached hydrogen (secondary N) is 1. The van der Waals surface area contributed by atoms with Crippen molar-refractivity contribution in [2.45, 2.75) is 17.7 Å². The molecule has 0 atom stereocenters. The molecule has 1 aromatic carbocycles. The molecular weight excluding hydrogens is 306 g/mol. The molecular formula is C15H19NO3S2. The second-order valence-corrected chi connectivity index (χ2v) is 7.82. The lowest BCUT2D eigenvalue weighted by molar-refractivity contribution is 0.350. The van der Waals surface area contributed by atoms with Crippen molar-refractivity contribution in [3.63, 3.8) is 0 Å². The number of hydrogen-bond donors (Lipinski definition) is 2. The third-order valence-corrected chi connectivity index (χ3v) is 5.91. The van der Waals surface area contributed by atoms with Gasteiger partial charge in [-0.25, -0.2) is 13.1 Å². The van der Waals surface area contributed by atoms with Crippen molar-refractivity contribution in [3.8, 4) is 11.8 Å². The third kappa shape index (κ3) is 4.75. The molecule has 21 heavy (non-hydrogen) atoms. The van der Waals surface area contributed by atoms with Gasteiger partial charge in [-0.2, -0.15) is 11.8 Å². The van der Waals surface area contributed by atoms with Gasteiger partial charge in [-0.05, 0) is 42.4 Å². The lowest BCUT2D eigenvalue weighted by atomic mass is 10.0. The van der Waals surface area contributed by atoms with E-state index in [1.165, 1.54) is 0 Å². The van der Waals surface area contributed by atoms with Crippen LogP contribution in [-0.4, -0.2) is 38.2 Å². The maximum atomic E-state index is 12.4. The van der Waals surface area contributed by atoms with Crippen LogP contribution in [0.5, 0.6) is 0 Å². The van der Waals surface area contributed by atoms with E-state index in [1.807, 2.05) is 11.8 Å². The molecule has 1 saturated heterocycles. The van der Waals surface area contributed by atoms with Crippen molar-refractivity contribution in [3.05, 3.63) is 29.8 Å². The number of hydrogen-bond acceptors (Lipinski definition) is 4. The molecule has 0 saturated carbocycles. The smallest absolute Gasteiger partial charge is 0.241 e. The van der Waals surface area contributed by atoms with Gasteiger partial charge in [-0.15, -0.1) is 0 Å². The molecule has 6 heteroatoms. The Morgan fingerprint density at radius 1 is 1.29 bits per heavy atom. The summed E-state index contributed by atoms with van der Waals surface area (Å²) < 4.78 is 27.5. The highest BCUT2D eigenvalue weighted by Gasteiger charge is 2.20. The quantitative estimate of drug-likeness (QED) is 0.823. The van der Waals surface area contributed by atoms with Crippen molar-refractivity contribution < 1.29 is 13.5 Å². The second-order valence-electron chi connectivity index (χ2n) is 4.86.